The number of rotatable bonds is 5. The van der Waals surface area contributed by atoms with Crippen molar-refractivity contribution in [2.75, 3.05) is 5.32 Å². The Labute approximate surface area is 118 Å². The van der Waals surface area contributed by atoms with E-state index in [2.05, 4.69) is 15.3 Å². The maximum atomic E-state index is 11.3. The van der Waals surface area contributed by atoms with Crippen LogP contribution in [-0.4, -0.2) is 27.1 Å². The fraction of sp³-hybridized carbons (Fsp3) is 0.400. The van der Waals surface area contributed by atoms with Crippen LogP contribution in [0.1, 0.15) is 25.8 Å². The Morgan fingerprint density at radius 2 is 2.10 bits per heavy atom. The summed E-state index contributed by atoms with van der Waals surface area (Å²) < 4.78 is 0. The molecule has 1 aromatic carbocycles. The number of aliphatic carboxylic acids is 1. The molecule has 0 spiro atoms. The van der Waals surface area contributed by atoms with Gasteiger partial charge in [0.2, 0.25) is 0 Å². The van der Waals surface area contributed by atoms with E-state index in [1.165, 1.54) is 6.33 Å². The van der Waals surface area contributed by atoms with Crippen LogP contribution in [0.25, 0.3) is 10.9 Å². The Hall–Kier alpha value is -2.17. The van der Waals surface area contributed by atoms with Gasteiger partial charge in [0.05, 0.1) is 5.52 Å². The molecule has 5 heteroatoms. The van der Waals surface area contributed by atoms with E-state index in [0.717, 1.165) is 16.5 Å². The predicted molar refractivity (Wildman–Crippen MR) is 78.8 cm³/mol. The molecule has 1 heterocycles. The minimum absolute atomic E-state index is 0.290. The number of nitrogens with one attached hydrogen (secondary N) is 1. The number of aryl methyl sites for hydroxylation is 1. The van der Waals surface area contributed by atoms with E-state index in [0.29, 0.717) is 18.2 Å². The molecule has 0 aliphatic rings. The fourth-order valence-electron chi connectivity index (χ4n) is 2.21. The van der Waals surface area contributed by atoms with Gasteiger partial charge in [-0.3, -0.25) is 0 Å². The number of para-hydroxylation sites is 1. The summed E-state index contributed by atoms with van der Waals surface area (Å²) in [5.41, 5.74) is 1.89. The number of fused-ring (bicyclic) bond motifs is 1. The number of hydrogen-bond acceptors (Lipinski definition) is 4. The lowest BCUT2D eigenvalue weighted by molar-refractivity contribution is -0.138. The second kappa shape index (κ2) is 5.86. The normalized spacial score (nSPS) is 12.6. The van der Waals surface area contributed by atoms with Crippen LogP contribution in [0.5, 0.6) is 0 Å². The standard InChI is InChI=1S/C15H19N3O2/c1-9(2)7-12(15(19)20)18-14-11-6-4-5-10(3)13(11)16-8-17-14/h4-6,8-9,12H,7H2,1-3H3,(H,19,20)(H,16,17,18)/t12-/m0/s1. The molecular weight excluding hydrogens is 254 g/mol. The van der Waals surface area contributed by atoms with Gasteiger partial charge >= 0.3 is 5.97 Å². The number of carbonyl (C=O) groups is 1. The summed E-state index contributed by atoms with van der Waals surface area (Å²) in [7, 11) is 0. The van der Waals surface area contributed by atoms with E-state index >= 15 is 0 Å². The van der Waals surface area contributed by atoms with Gasteiger partial charge in [-0.25, -0.2) is 14.8 Å². The van der Waals surface area contributed by atoms with E-state index in [9.17, 15) is 9.90 Å². The number of anilines is 1. The molecule has 0 amide bonds. The van der Waals surface area contributed by atoms with E-state index in [1.54, 1.807) is 0 Å². The zero-order valence-corrected chi connectivity index (χ0v) is 11.9. The number of carboxylic acid groups (broad SMARTS) is 1. The Morgan fingerprint density at radius 3 is 2.75 bits per heavy atom. The highest BCUT2D eigenvalue weighted by molar-refractivity contribution is 5.92. The van der Waals surface area contributed by atoms with Crippen molar-refractivity contribution in [1.82, 2.24) is 9.97 Å². The summed E-state index contributed by atoms with van der Waals surface area (Å²) >= 11 is 0. The van der Waals surface area contributed by atoms with Crippen molar-refractivity contribution < 1.29 is 9.90 Å². The van der Waals surface area contributed by atoms with Gasteiger partial charge in [0.15, 0.2) is 0 Å². The van der Waals surface area contributed by atoms with E-state index in [4.69, 9.17) is 0 Å². The van der Waals surface area contributed by atoms with Crippen LogP contribution in [-0.2, 0) is 4.79 Å². The van der Waals surface area contributed by atoms with Gasteiger partial charge < -0.3 is 10.4 Å². The second-order valence-electron chi connectivity index (χ2n) is 5.36. The molecule has 2 rings (SSSR count). The predicted octanol–water partition coefficient (Wildman–Crippen LogP) is 2.85. The maximum Gasteiger partial charge on any atom is 0.326 e. The third kappa shape index (κ3) is 3.04. The summed E-state index contributed by atoms with van der Waals surface area (Å²) in [6, 6.07) is 5.15. The number of benzene rings is 1. The highest BCUT2D eigenvalue weighted by atomic mass is 16.4. The second-order valence-corrected chi connectivity index (χ2v) is 5.36. The Bertz CT molecular complexity index is 626. The molecule has 0 aliphatic heterocycles. The van der Waals surface area contributed by atoms with Gasteiger partial charge in [0, 0.05) is 5.39 Å². The van der Waals surface area contributed by atoms with Crippen molar-refractivity contribution in [2.45, 2.75) is 33.2 Å². The summed E-state index contributed by atoms with van der Waals surface area (Å²) in [6.07, 6.45) is 2.01. The number of nitrogens with zero attached hydrogens (tertiary/aromatic N) is 2. The van der Waals surface area contributed by atoms with E-state index in [-0.39, 0.29) is 0 Å². The first-order valence-electron chi connectivity index (χ1n) is 6.68. The molecule has 0 fully saturated rings. The van der Waals surface area contributed by atoms with Gasteiger partial charge in [-0.2, -0.15) is 0 Å². The van der Waals surface area contributed by atoms with Crippen molar-refractivity contribution in [3.05, 3.63) is 30.1 Å². The lowest BCUT2D eigenvalue weighted by Gasteiger charge is -2.18. The highest BCUT2D eigenvalue weighted by Gasteiger charge is 2.20. The Kier molecular flexibility index (Phi) is 4.17. The first-order valence-corrected chi connectivity index (χ1v) is 6.68. The van der Waals surface area contributed by atoms with Crippen LogP contribution in [0, 0.1) is 12.8 Å². The third-order valence-electron chi connectivity index (χ3n) is 3.18. The first-order chi connectivity index (χ1) is 9.49. The number of hydrogen-bond donors (Lipinski definition) is 2. The van der Waals surface area contributed by atoms with Crippen LogP contribution in [0.2, 0.25) is 0 Å². The first kappa shape index (κ1) is 14.2. The van der Waals surface area contributed by atoms with Gasteiger partial charge in [0.1, 0.15) is 18.2 Å². The minimum Gasteiger partial charge on any atom is -0.480 e. The Balaban J connectivity index is 2.37. The molecule has 20 heavy (non-hydrogen) atoms. The van der Waals surface area contributed by atoms with E-state index < -0.39 is 12.0 Å². The van der Waals surface area contributed by atoms with Gasteiger partial charge in [0.25, 0.3) is 0 Å². The van der Waals surface area contributed by atoms with E-state index in [1.807, 2.05) is 39.0 Å². The summed E-state index contributed by atoms with van der Waals surface area (Å²) in [4.78, 5) is 19.8. The zero-order valence-electron chi connectivity index (χ0n) is 11.9. The molecule has 0 aliphatic carbocycles. The molecule has 106 valence electrons. The number of carboxylic acids is 1. The van der Waals surface area contributed by atoms with Crippen molar-refractivity contribution >= 4 is 22.7 Å². The number of aromatic nitrogens is 2. The molecule has 0 saturated heterocycles. The molecule has 5 nitrogen and oxygen atoms in total. The molecule has 0 unspecified atom stereocenters. The maximum absolute atomic E-state index is 11.3. The molecule has 2 N–H and O–H groups in total. The smallest absolute Gasteiger partial charge is 0.326 e. The SMILES string of the molecule is Cc1cccc2c(N[C@@H](CC(C)C)C(=O)O)ncnc12. The van der Waals surface area contributed by atoms with Gasteiger partial charge in [-0.05, 0) is 30.9 Å². The van der Waals surface area contributed by atoms with Crippen molar-refractivity contribution in [2.24, 2.45) is 5.92 Å². The molecule has 1 aromatic heterocycles. The monoisotopic (exact) mass is 273 g/mol. The van der Waals surface area contributed by atoms with Crippen molar-refractivity contribution in [1.29, 1.82) is 0 Å². The molecule has 0 radical (unpaired) electrons. The lowest BCUT2D eigenvalue weighted by atomic mass is 10.0. The minimum atomic E-state index is -0.863. The quantitative estimate of drug-likeness (QED) is 0.876. The summed E-state index contributed by atoms with van der Waals surface area (Å²) in [6.45, 7) is 5.97. The molecule has 0 saturated carbocycles. The third-order valence-corrected chi connectivity index (χ3v) is 3.18. The molecular formula is C15H19N3O2. The van der Waals surface area contributed by atoms with Gasteiger partial charge in [-0.1, -0.05) is 26.0 Å². The largest absolute Gasteiger partial charge is 0.480 e. The highest BCUT2D eigenvalue weighted by Crippen LogP contribution is 2.23. The molecule has 2 aromatic rings. The average Bonchev–Trinajstić information content (AvgIpc) is 2.38. The lowest BCUT2D eigenvalue weighted by Crippen LogP contribution is -2.31. The summed E-state index contributed by atoms with van der Waals surface area (Å²) in [5.74, 6) is 0.00306. The van der Waals surface area contributed by atoms with Gasteiger partial charge in [-0.15, -0.1) is 0 Å². The average molecular weight is 273 g/mol. The van der Waals surface area contributed by atoms with Crippen LogP contribution in [0.3, 0.4) is 0 Å². The van der Waals surface area contributed by atoms with Crippen molar-refractivity contribution in [3.8, 4) is 0 Å². The zero-order chi connectivity index (χ0) is 14.7. The van der Waals surface area contributed by atoms with Crippen LogP contribution in [0.4, 0.5) is 5.82 Å². The topological polar surface area (TPSA) is 75.1 Å². The fourth-order valence-corrected chi connectivity index (χ4v) is 2.21. The Morgan fingerprint density at radius 1 is 1.35 bits per heavy atom. The van der Waals surface area contributed by atoms with Crippen LogP contribution in [0.15, 0.2) is 24.5 Å². The summed E-state index contributed by atoms with van der Waals surface area (Å²) in [5, 5.41) is 13.2. The van der Waals surface area contributed by atoms with Crippen molar-refractivity contribution in [3.63, 3.8) is 0 Å². The van der Waals surface area contributed by atoms with Crippen LogP contribution >= 0.6 is 0 Å². The molecule has 0 bridgehead atoms. The van der Waals surface area contributed by atoms with Crippen LogP contribution < -0.4 is 5.32 Å². The molecule has 1 atom stereocenters.